The van der Waals surface area contributed by atoms with E-state index >= 15 is 0 Å². The zero-order valence-corrected chi connectivity index (χ0v) is 8.54. The highest BCUT2D eigenvalue weighted by molar-refractivity contribution is 5.66. The summed E-state index contributed by atoms with van der Waals surface area (Å²) in [5.41, 5.74) is 1.63. The van der Waals surface area contributed by atoms with Crippen LogP contribution in [-0.4, -0.2) is 11.1 Å². The van der Waals surface area contributed by atoms with Crippen LogP contribution >= 0.6 is 0 Å². The predicted molar refractivity (Wildman–Crippen MR) is 55.0 cm³/mol. The Morgan fingerprint density at radius 3 is 2.93 bits per heavy atom. The van der Waals surface area contributed by atoms with Crippen molar-refractivity contribution in [2.24, 2.45) is 11.8 Å². The van der Waals surface area contributed by atoms with Gasteiger partial charge in [0.15, 0.2) is 0 Å². The fraction of sp³-hybridized carbons (Fsp3) is 0.750. The highest BCUT2D eigenvalue weighted by atomic mass is 16.4. The minimum Gasteiger partial charge on any atom is -0.481 e. The number of carbonyl (C=O) groups is 1. The van der Waals surface area contributed by atoms with Gasteiger partial charge in [-0.3, -0.25) is 4.79 Å². The molecule has 2 bridgehead atoms. The molecule has 0 aliphatic heterocycles. The zero-order chi connectivity index (χ0) is 9.97. The van der Waals surface area contributed by atoms with Gasteiger partial charge in [-0.25, -0.2) is 0 Å². The van der Waals surface area contributed by atoms with Crippen LogP contribution in [0.15, 0.2) is 11.6 Å². The van der Waals surface area contributed by atoms with Crippen molar-refractivity contribution in [3.63, 3.8) is 0 Å². The number of hydrogen-bond acceptors (Lipinski definition) is 1. The molecule has 2 rings (SSSR count). The molecule has 2 aliphatic carbocycles. The standard InChI is InChI=1S/C12H18O2/c13-12(14)4-2-1-3-10-7-9-5-6-11(10)8-9/h3,9,11H,1-2,4-8H2,(H,13,14). The molecule has 0 saturated heterocycles. The quantitative estimate of drug-likeness (QED) is 0.551. The monoisotopic (exact) mass is 194 g/mol. The van der Waals surface area contributed by atoms with Crippen LogP contribution in [0.25, 0.3) is 0 Å². The summed E-state index contributed by atoms with van der Waals surface area (Å²) in [5.74, 6) is 1.16. The lowest BCUT2D eigenvalue weighted by molar-refractivity contribution is -0.137. The Labute approximate surface area is 85.0 Å². The van der Waals surface area contributed by atoms with Crippen molar-refractivity contribution >= 4 is 5.97 Å². The molecule has 2 atom stereocenters. The summed E-state index contributed by atoms with van der Waals surface area (Å²) < 4.78 is 0. The van der Waals surface area contributed by atoms with Gasteiger partial charge < -0.3 is 5.11 Å². The zero-order valence-electron chi connectivity index (χ0n) is 8.54. The third-order valence-corrected chi connectivity index (χ3v) is 3.59. The van der Waals surface area contributed by atoms with E-state index in [-0.39, 0.29) is 0 Å². The summed E-state index contributed by atoms with van der Waals surface area (Å²) in [5, 5.41) is 8.49. The molecule has 0 aromatic carbocycles. The number of fused-ring (bicyclic) bond motifs is 2. The minimum absolute atomic E-state index is 0.317. The average Bonchev–Trinajstić information content (AvgIpc) is 2.73. The average molecular weight is 194 g/mol. The van der Waals surface area contributed by atoms with Crippen molar-refractivity contribution in [2.75, 3.05) is 0 Å². The van der Waals surface area contributed by atoms with Crippen LogP contribution in [-0.2, 0) is 4.79 Å². The number of aliphatic carboxylic acids is 1. The van der Waals surface area contributed by atoms with Crippen LogP contribution < -0.4 is 0 Å². The summed E-state index contributed by atoms with van der Waals surface area (Å²) in [6.07, 6.45) is 9.92. The van der Waals surface area contributed by atoms with E-state index in [4.69, 9.17) is 5.11 Å². The third-order valence-electron chi connectivity index (χ3n) is 3.59. The fourth-order valence-corrected chi connectivity index (χ4v) is 2.89. The number of rotatable bonds is 4. The molecular weight excluding hydrogens is 176 g/mol. The molecule has 2 heteroatoms. The molecule has 0 aromatic rings. The van der Waals surface area contributed by atoms with Gasteiger partial charge >= 0.3 is 5.97 Å². The lowest BCUT2D eigenvalue weighted by Gasteiger charge is -2.12. The Morgan fingerprint density at radius 2 is 2.36 bits per heavy atom. The summed E-state index contributed by atoms with van der Waals surface area (Å²) in [6.45, 7) is 0. The predicted octanol–water partition coefficient (Wildman–Crippen LogP) is 2.99. The molecule has 0 spiro atoms. The van der Waals surface area contributed by atoms with Gasteiger partial charge in [0.2, 0.25) is 0 Å². The largest absolute Gasteiger partial charge is 0.481 e. The fourth-order valence-electron chi connectivity index (χ4n) is 2.89. The van der Waals surface area contributed by atoms with Gasteiger partial charge in [-0.15, -0.1) is 0 Å². The van der Waals surface area contributed by atoms with Gasteiger partial charge in [0.05, 0.1) is 0 Å². The van der Waals surface area contributed by atoms with Gasteiger partial charge in [-0.05, 0) is 50.4 Å². The first kappa shape index (κ1) is 9.75. The molecule has 0 radical (unpaired) electrons. The number of allylic oxidation sites excluding steroid dienone is 2. The number of hydrogen-bond donors (Lipinski definition) is 1. The molecule has 2 saturated carbocycles. The summed E-state index contributed by atoms with van der Waals surface area (Å²) in [7, 11) is 0. The molecular formula is C12H18O2. The van der Waals surface area contributed by atoms with E-state index in [1.807, 2.05) is 0 Å². The Balaban J connectivity index is 1.73. The van der Waals surface area contributed by atoms with Gasteiger partial charge in [-0.2, -0.15) is 0 Å². The SMILES string of the molecule is O=C(O)CCCC=C1CC2CCC1C2. The second-order valence-corrected chi connectivity index (χ2v) is 4.65. The molecule has 14 heavy (non-hydrogen) atoms. The van der Waals surface area contributed by atoms with E-state index in [9.17, 15) is 4.79 Å². The first-order valence-electron chi connectivity index (χ1n) is 5.66. The number of carboxylic acids is 1. The van der Waals surface area contributed by atoms with Crippen LogP contribution in [0.5, 0.6) is 0 Å². The summed E-state index contributed by atoms with van der Waals surface area (Å²) >= 11 is 0. The molecule has 0 aromatic heterocycles. The van der Waals surface area contributed by atoms with Gasteiger partial charge in [0, 0.05) is 6.42 Å². The van der Waals surface area contributed by atoms with Crippen LogP contribution in [0.3, 0.4) is 0 Å². The van der Waals surface area contributed by atoms with Crippen molar-refractivity contribution in [2.45, 2.75) is 44.9 Å². The van der Waals surface area contributed by atoms with E-state index in [2.05, 4.69) is 6.08 Å². The lowest BCUT2D eigenvalue weighted by Crippen LogP contribution is -1.98. The maximum atomic E-state index is 10.3. The molecule has 2 unspecified atom stereocenters. The second-order valence-electron chi connectivity index (χ2n) is 4.65. The third kappa shape index (κ3) is 2.17. The molecule has 78 valence electrons. The van der Waals surface area contributed by atoms with Gasteiger partial charge in [-0.1, -0.05) is 11.6 Å². The van der Waals surface area contributed by atoms with Crippen LogP contribution in [0, 0.1) is 11.8 Å². The number of unbranched alkanes of at least 4 members (excludes halogenated alkanes) is 1. The van der Waals surface area contributed by atoms with Crippen molar-refractivity contribution in [1.29, 1.82) is 0 Å². The van der Waals surface area contributed by atoms with Gasteiger partial charge in [0.1, 0.15) is 0 Å². The maximum absolute atomic E-state index is 10.3. The van der Waals surface area contributed by atoms with E-state index < -0.39 is 5.97 Å². The second kappa shape index (κ2) is 4.16. The molecule has 2 nitrogen and oxygen atoms in total. The Hall–Kier alpha value is -0.790. The van der Waals surface area contributed by atoms with E-state index in [0.29, 0.717) is 6.42 Å². The minimum atomic E-state index is -0.670. The molecule has 0 heterocycles. The highest BCUT2D eigenvalue weighted by Crippen LogP contribution is 2.47. The Kier molecular flexibility index (Phi) is 2.90. The van der Waals surface area contributed by atoms with E-state index in [1.54, 1.807) is 5.57 Å². The molecule has 2 aliphatic rings. The van der Waals surface area contributed by atoms with Crippen LogP contribution in [0.1, 0.15) is 44.9 Å². The smallest absolute Gasteiger partial charge is 0.303 e. The van der Waals surface area contributed by atoms with Crippen molar-refractivity contribution in [3.8, 4) is 0 Å². The van der Waals surface area contributed by atoms with Crippen molar-refractivity contribution < 1.29 is 9.90 Å². The Bertz CT molecular complexity index is 255. The molecule has 0 amide bonds. The van der Waals surface area contributed by atoms with E-state index in [1.165, 1.54) is 25.7 Å². The molecule has 2 fully saturated rings. The first-order chi connectivity index (χ1) is 6.75. The topological polar surface area (TPSA) is 37.3 Å². The normalized spacial score (nSPS) is 32.7. The van der Waals surface area contributed by atoms with Gasteiger partial charge in [0.25, 0.3) is 0 Å². The molecule has 1 N–H and O–H groups in total. The lowest BCUT2D eigenvalue weighted by atomic mass is 9.94. The van der Waals surface area contributed by atoms with E-state index in [0.717, 1.165) is 24.7 Å². The maximum Gasteiger partial charge on any atom is 0.303 e. The number of carboxylic acid groups (broad SMARTS) is 1. The summed E-state index contributed by atoms with van der Waals surface area (Å²) in [4.78, 5) is 10.3. The van der Waals surface area contributed by atoms with Crippen LogP contribution in [0.2, 0.25) is 0 Å². The van der Waals surface area contributed by atoms with Crippen LogP contribution in [0.4, 0.5) is 0 Å². The van der Waals surface area contributed by atoms with Crippen molar-refractivity contribution in [1.82, 2.24) is 0 Å². The first-order valence-corrected chi connectivity index (χ1v) is 5.66. The Morgan fingerprint density at radius 1 is 1.50 bits per heavy atom. The highest BCUT2D eigenvalue weighted by Gasteiger charge is 2.34. The van der Waals surface area contributed by atoms with Crippen molar-refractivity contribution in [3.05, 3.63) is 11.6 Å². The summed E-state index contributed by atoms with van der Waals surface area (Å²) in [6, 6.07) is 0.